The molecule has 120 valence electrons. The molecule has 1 amide bonds. The van der Waals surface area contributed by atoms with Crippen LogP contribution in [0.2, 0.25) is 5.02 Å². The molecular weight excluding hydrogens is 310 g/mol. The summed E-state index contributed by atoms with van der Waals surface area (Å²) in [5.41, 5.74) is -0.937. The van der Waals surface area contributed by atoms with Crippen LogP contribution in [0.3, 0.4) is 0 Å². The van der Waals surface area contributed by atoms with E-state index in [1.165, 1.54) is 0 Å². The van der Waals surface area contributed by atoms with E-state index in [9.17, 15) is 19.8 Å². The third-order valence-corrected chi connectivity index (χ3v) is 3.07. The predicted octanol–water partition coefficient (Wildman–Crippen LogP) is 2.15. The molecule has 0 saturated carbocycles. The van der Waals surface area contributed by atoms with Gasteiger partial charge in [-0.1, -0.05) is 32.4 Å². The van der Waals surface area contributed by atoms with Crippen LogP contribution in [0.5, 0.6) is 11.5 Å². The summed E-state index contributed by atoms with van der Waals surface area (Å²) in [6.07, 6.45) is 0.715. The maximum Gasteiger partial charge on any atom is 0.275 e. The Hall–Kier alpha value is -2.28. The molecule has 1 heterocycles. The van der Waals surface area contributed by atoms with Crippen LogP contribution in [0, 0.1) is 0 Å². The highest BCUT2D eigenvalue weighted by Crippen LogP contribution is 2.37. The fraction of sp³-hybridized carbons (Fsp3) is 0.357. The highest BCUT2D eigenvalue weighted by molar-refractivity contribution is 6.37. The second-order valence-corrected chi connectivity index (χ2v) is 4.52. The van der Waals surface area contributed by atoms with Gasteiger partial charge in [0.1, 0.15) is 0 Å². The maximum absolute atomic E-state index is 12.2. The summed E-state index contributed by atoms with van der Waals surface area (Å²) in [6.45, 7) is 6.28. The number of aromatic nitrogens is 2. The van der Waals surface area contributed by atoms with Gasteiger partial charge >= 0.3 is 0 Å². The minimum Gasteiger partial charge on any atom is -0.504 e. The second-order valence-electron chi connectivity index (χ2n) is 4.14. The normalized spacial score (nSPS) is 10.0. The Morgan fingerprint density at radius 1 is 1.41 bits per heavy atom. The summed E-state index contributed by atoms with van der Waals surface area (Å²) in [4.78, 5) is 24.0. The Morgan fingerprint density at radius 2 is 2.05 bits per heavy atom. The number of halogens is 1. The van der Waals surface area contributed by atoms with Gasteiger partial charge in [0.25, 0.3) is 5.91 Å². The van der Waals surface area contributed by atoms with E-state index >= 15 is 0 Å². The van der Waals surface area contributed by atoms with E-state index in [2.05, 4.69) is 15.5 Å². The average molecular weight is 328 g/mol. The van der Waals surface area contributed by atoms with Gasteiger partial charge in [0, 0.05) is 12.6 Å². The van der Waals surface area contributed by atoms with Crippen molar-refractivity contribution in [1.29, 1.82) is 0 Å². The molecule has 7 nitrogen and oxygen atoms in total. The molecule has 0 fully saturated rings. The quantitative estimate of drug-likeness (QED) is 0.645. The number of amides is 1. The number of aromatic hydroxyl groups is 2. The molecule has 0 radical (unpaired) electrons. The standard InChI is InChI=1S/C12H12ClN3O4.C2H6/c1-2-3-14-12(20)9-11(19)7-5(15-16-9)4-6(17)10(18)8(7)13;1-2/h4,17-18H,2-3H2,1H3,(H,14,20)(H,15,19);1-2H3. The van der Waals surface area contributed by atoms with Crippen LogP contribution in [0.1, 0.15) is 37.7 Å². The molecule has 0 atom stereocenters. The van der Waals surface area contributed by atoms with Crippen molar-refractivity contribution >= 4 is 28.4 Å². The lowest BCUT2D eigenvalue weighted by Gasteiger charge is -2.07. The number of nitrogens with one attached hydrogen (secondary N) is 2. The number of fused-ring (bicyclic) bond motifs is 1. The van der Waals surface area contributed by atoms with Crippen molar-refractivity contribution in [2.45, 2.75) is 27.2 Å². The number of carbonyl (C=O) groups is 1. The molecule has 1 aromatic heterocycles. The van der Waals surface area contributed by atoms with E-state index < -0.39 is 22.8 Å². The molecule has 0 aliphatic heterocycles. The monoisotopic (exact) mass is 327 g/mol. The van der Waals surface area contributed by atoms with Gasteiger partial charge < -0.3 is 15.5 Å². The van der Waals surface area contributed by atoms with Gasteiger partial charge in [0.2, 0.25) is 5.43 Å². The zero-order chi connectivity index (χ0) is 16.9. The lowest BCUT2D eigenvalue weighted by molar-refractivity contribution is 0.0947. The zero-order valence-corrected chi connectivity index (χ0v) is 13.3. The molecule has 22 heavy (non-hydrogen) atoms. The summed E-state index contributed by atoms with van der Waals surface area (Å²) >= 11 is 5.83. The first-order chi connectivity index (χ1) is 10.5. The van der Waals surface area contributed by atoms with Crippen molar-refractivity contribution in [3.8, 4) is 11.5 Å². The van der Waals surface area contributed by atoms with Gasteiger partial charge in [0.05, 0.1) is 15.9 Å². The van der Waals surface area contributed by atoms with Gasteiger partial charge in [-0.2, -0.15) is 5.10 Å². The average Bonchev–Trinajstić information content (AvgIpc) is 2.52. The van der Waals surface area contributed by atoms with E-state index in [0.29, 0.717) is 13.0 Å². The molecule has 4 N–H and O–H groups in total. The Morgan fingerprint density at radius 3 is 2.64 bits per heavy atom. The molecular formula is C14H18ClN3O4. The number of nitrogens with zero attached hydrogens (tertiary/aromatic N) is 1. The summed E-state index contributed by atoms with van der Waals surface area (Å²) in [6, 6.07) is 1.11. The minimum atomic E-state index is -0.715. The molecule has 8 heteroatoms. The van der Waals surface area contributed by atoms with Crippen LogP contribution in [0.15, 0.2) is 10.9 Å². The second kappa shape index (κ2) is 7.65. The number of hydrogen-bond acceptors (Lipinski definition) is 5. The zero-order valence-electron chi connectivity index (χ0n) is 12.5. The van der Waals surface area contributed by atoms with Crippen molar-refractivity contribution in [1.82, 2.24) is 15.5 Å². The fourth-order valence-corrected chi connectivity index (χ4v) is 1.98. The van der Waals surface area contributed by atoms with E-state index in [4.69, 9.17) is 11.6 Å². The highest BCUT2D eigenvalue weighted by Gasteiger charge is 2.19. The minimum absolute atomic E-state index is 0.0985. The molecule has 0 unspecified atom stereocenters. The van der Waals surface area contributed by atoms with Crippen LogP contribution in [0.4, 0.5) is 0 Å². The molecule has 1 aromatic carbocycles. The number of rotatable bonds is 3. The first-order valence-corrected chi connectivity index (χ1v) is 7.26. The Balaban J connectivity index is 0.00000116. The molecule has 0 spiro atoms. The number of benzene rings is 1. The van der Waals surface area contributed by atoms with Crippen molar-refractivity contribution in [2.75, 3.05) is 6.54 Å². The van der Waals surface area contributed by atoms with Gasteiger partial charge in [-0.15, -0.1) is 0 Å². The first kappa shape index (κ1) is 17.8. The third-order valence-electron chi connectivity index (χ3n) is 2.70. The molecule has 2 aromatic rings. The molecule has 0 aliphatic carbocycles. The summed E-state index contributed by atoms with van der Waals surface area (Å²) < 4.78 is 0. The number of aromatic amines is 1. The Bertz CT molecular complexity index is 743. The van der Waals surface area contributed by atoms with Crippen molar-refractivity contribution in [3.05, 3.63) is 27.0 Å². The number of H-pyrrole nitrogens is 1. The van der Waals surface area contributed by atoms with Gasteiger partial charge in [-0.3, -0.25) is 14.7 Å². The summed E-state index contributed by atoms with van der Waals surface area (Å²) in [7, 11) is 0. The lowest BCUT2D eigenvalue weighted by Crippen LogP contribution is -2.31. The third kappa shape index (κ3) is 3.30. The van der Waals surface area contributed by atoms with E-state index in [1.54, 1.807) is 0 Å². The Kier molecular flexibility index (Phi) is 6.18. The van der Waals surface area contributed by atoms with Gasteiger partial charge in [0.15, 0.2) is 17.2 Å². The number of carbonyl (C=O) groups excluding carboxylic acids is 1. The first-order valence-electron chi connectivity index (χ1n) is 6.88. The number of phenolic OH excluding ortho intramolecular Hbond substituents is 2. The molecule has 0 bridgehead atoms. The van der Waals surface area contributed by atoms with Gasteiger partial charge in [-0.25, -0.2) is 0 Å². The van der Waals surface area contributed by atoms with Crippen molar-refractivity contribution in [2.24, 2.45) is 0 Å². The largest absolute Gasteiger partial charge is 0.504 e. The van der Waals surface area contributed by atoms with Crippen molar-refractivity contribution < 1.29 is 15.0 Å². The Labute approximate surface area is 131 Å². The van der Waals surface area contributed by atoms with Crippen LogP contribution >= 0.6 is 11.6 Å². The van der Waals surface area contributed by atoms with Crippen LogP contribution < -0.4 is 10.7 Å². The summed E-state index contributed by atoms with van der Waals surface area (Å²) in [5.74, 6) is -1.72. The predicted molar refractivity (Wildman–Crippen MR) is 84.7 cm³/mol. The lowest BCUT2D eigenvalue weighted by atomic mass is 10.1. The molecule has 0 saturated heterocycles. The SMILES string of the molecule is CC.CCCNC(=O)c1n[nH]c2cc(O)c(O)c(Cl)c2c1=O. The van der Waals surface area contributed by atoms with Gasteiger partial charge in [-0.05, 0) is 6.42 Å². The summed E-state index contributed by atoms with van der Waals surface area (Å²) in [5, 5.41) is 27.2. The maximum atomic E-state index is 12.2. The number of phenols is 2. The molecule has 0 aliphatic rings. The molecule has 2 rings (SSSR count). The topological polar surface area (TPSA) is 115 Å². The van der Waals surface area contributed by atoms with E-state index in [0.717, 1.165) is 6.07 Å². The smallest absolute Gasteiger partial charge is 0.275 e. The van der Waals surface area contributed by atoms with E-state index in [-0.39, 0.29) is 21.6 Å². The van der Waals surface area contributed by atoms with Crippen molar-refractivity contribution in [3.63, 3.8) is 0 Å². The fourth-order valence-electron chi connectivity index (χ4n) is 1.70. The van der Waals surface area contributed by atoms with Crippen LogP contribution in [0.25, 0.3) is 10.9 Å². The van der Waals surface area contributed by atoms with Crippen LogP contribution in [-0.2, 0) is 0 Å². The van der Waals surface area contributed by atoms with E-state index in [1.807, 2.05) is 20.8 Å². The highest BCUT2D eigenvalue weighted by atomic mass is 35.5. The van der Waals surface area contributed by atoms with Crippen LogP contribution in [-0.4, -0.2) is 32.9 Å². The number of hydrogen-bond donors (Lipinski definition) is 4.